The molecule has 0 aliphatic carbocycles. The summed E-state index contributed by atoms with van der Waals surface area (Å²) in [6, 6.07) is 1.56. The summed E-state index contributed by atoms with van der Waals surface area (Å²) in [6.07, 6.45) is 0. The molecule has 1 aliphatic rings. The van der Waals surface area contributed by atoms with Crippen LogP contribution in [0.2, 0.25) is 0 Å². The lowest BCUT2D eigenvalue weighted by Crippen LogP contribution is -2.31. The Balaban J connectivity index is 2.38. The average Bonchev–Trinajstić information content (AvgIpc) is 2.44. The Hall–Kier alpha value is -1.96. The van der Waals surface area contributed by atoms with Crippen LogP contribution in [-0.2, 0) is 4.74 Å². The number of halogens is 3. The molecule has 1 aromatic carbocycles. The number of thioether (sulfide) groups is 1. The molecule has 116 valence electrons. The highest BCUT2D eigenvalue weighted by Gasteiger charge is 2.36. The minimum Gasteiger partial charge on any atom is -0.462 e. The Morgan fingerprint density at radius 3 is 2.68 bits per heavy atom. The fraction of sp³-hybridized carbons (Fsp3) is 0.286. The van der Waals surface area contributed by atoms with E-state index in [0.717, 1.165) is 23.9 Å². The van der Waals surface area contributed by atoms with Gasteiger partial charge in [-0.25, -0.2) is 18.0 Å². The zero-order valence-corrected chi connectivity index (χ0v) is 12.2. The summed E-state index contributed by atoms with van der Waals surface area (Å²) < 4.78 is 46.0. The molecule has 0 spiro atoms. The summed E-state index contributed by atoms with van der Waals surface area (Å²) in [5.41, 5.74) is -0.952. The molecule has 0 N–H and O–H groups in total. The third-order valence-corrected chi connectivity index (χ3v) is 4.58. The van der Waals surface area contributed by atoms with Crippen LogP contribution in [0.15, 0.2) is 22.0 Å². The quantitative estimate of drug-likeness (QED) is 0.812. The van der Waals surface area contributed by atoms with Crippen molar-refractivity contribution < 1.29 is 22.7 Å². The number of rotatable bonds is 3. The van der Waals surface area contributed by atoms with Crippen molar-refractivity contribution in [3.8, 4) is 0 Å². The van der Waals surface area contributed by atoms with E-state index in [2.05, 4.69) is 0 Å². The Labute approximate surface area is 126 Å². The van der Waals surface area contributed by atoms with Crippen LogP contribution in [0.5, 0.6) is 0 Å². The third kappa shape index (κ3) is 2.01. The minimum atomic E-state index is -1.20. The molecule has 0 saturated heterocycles. The molecule has 2 heterocycles. The number of ether oxygens (including phenoxy) is 1. The van der Waals surface area contributed by atoms with Crippen molar-refractivity contribution in [1.29, 1.82) is 0 Å². The maximum atomic E-state index is 13.4. The molecule has 0 amide bonds. The van der Waals surface area contributed by atoms with Gasteiger partial charge in [0.05, 0.1) is 17.1 Å². The van der Waals surface area contributed by atoms with E-state index in [1.54, 1.807) is 6.92 Å². The van der Waals surface area contributed by atoms with Crippen molar-refractivity contribution >= 4 is 28.6 Å². The van der Waals surface area contributed by atoms with Crippen LogP contribution in [0.25, 0.3) is 10.9 Å². The first-order valence-corrected chi connectivity index (χ1v) is 7.34. The molecule has 0 bridgehead atoms. The first kappa shape index (κ1) is 15.0. The summed E-state index contributed by atoms with van der Waals surface area (Å²) in [4.78, 5) is 24.4. The number of hydrogen-bond donors (Lipinski definition) is 0. The van der Waals surface area contributed by atoms with E-state index < -0.39 is 35.1 Å². The van der Waals surface area contributed by atoms with Gasteiger partial charge in [-0.3, -0.25) is 4.79 Å². The van der Waals surface area contributed by atoms with Gasteiger partial charge in [-0.1, -0.05) is 11.8 Å². The van der Waals surface area contributed by atoms with Crippen molar-refractivity contribution in [2.75, 3.05) is 13.3 Å². The van der Waals surface area contributed by atoms with Gasteiger partial charge in [-0.05, 0) is 13.0 Å². The summed E-state index contributed by atoms with van der Waals surface area (Å²) in [5.74, 6) is -3.20. The summed E-state index contributed by atoms with van der Waals surface area (Å²) in [6.45, 7) is 0.872. The fourth-order valence-corrected chi connectivity index (χ4v) is 3.51. The first-order chi connectivity index (χ1) is 10.5. The van der Waals surface area contributed by atoms with Crippen LogP contribution in [-0.4, -0.2) is 23.8 Å². The molecule has 3 rings (SSSR count). The topological polar surface area (TPSA) is 48.3 Å². The molecule has 1 unspecified atom stereocenters. The van der Waals surface area contributed by atoms with Gasteiger partial charge >= 0.3 is 5.97 Å². The number of carbonyl (C=O) groups excluding carboxylic acids is 1. The van der Waals surface area contributed by atoms with Gasteiger partial charge < -0.3 is 9.30 Å². The molecule has 1 aromatic heterocycles. The van der Waals surface area contributed by atoms with Crippen LogP contribution in [0, 0.1) is 11.6 Å². The van der Waals surface area contributed by atoms with Gasteiger partial charge in [0.2, 0.25) is 5.43 Å². The van der Waals surface area contributed by atoms with Crippen molar-refractivity contribution in [2.45, 2.75) is 17.3 Å². The van der Waals surface area contributed by atoms with Gasteiger partial charge in [-0.15, -0.1) is 0 Å². The predicted molar refractivity (Wildman–Crippen MR) is 74.9 cm³/mol. The second-order valence-corrected chi connectivity index (χ2v) is 5.78. The van der Waals surface area contributed by atoms with Gasteiger partial charge in [0.1, 0.15) is 17.6 Å². The van der Waals surface area contributed by atoms with Crippen LogP contribution in [0.1, 0.15) is 22.7 Å². The number of nitrogens with zero attached hydrogens (tertiary/aromatic N) is 1. The number of esters is 1. The van der Waals surface area contributed by atoms with Gasteiger partial charge in [-0.2, -0.15) is 0 Å². The van der Waals surface area contributed by atoms with Crippen molar-refractivity contribution in [1.82, 2.24) is 4.57 Å². The molecular formula is C14H10F3NO3S. The van der Waals surface area contributed by atoms with Gasteiger partial charge in [0.15, 0.2) is 11.6 Å². The number of hydrogen-bond acceptors (Lipinski definition) is 4. The van der Waals surface area contributed by atoms with E-state index in [0.29, 0.717) is 0 Å². The van der Waals surface area contributed by atoms with Crippen LogP contribution in [0.3, 0.4) is 0 Å². The van der Waals surface area contributed by atoms with Crippen molar-refractivity contribution in [3.05, 3.63) is 39.6 Å². The SMILES string of the molecule is CCOC(=O)c1c2n(c3cc(F)c(F)cc3c1=O)C(CF)S2. The van der Waals surface area contributed by atoms with E-state index in [9.17, 15) is 22.8 Å². The highest BCUT2D eigenvalue weighted by Crippen LogP contribution is 2.46. The zero-order chi connectivity index (χ0) is 16.0. The highest BCUT2D eigenvalue weighted by atomic mass is 32.2. The fourth-order valence-electron chi connectivity index (χ4n) is 2.40. The largest absolute Gasteiger partial charge is 0.462 e. The molecule has 22 heavy (non-hydrogen) atoms. The number of carbonyl (C=O) groups is 1. The Morgan fingerprint density at radius 2 is 2.05 bits per heavy atom. The molecular weight excluding hydrogens is 319 g/mol. The Kier molecular flexibility index (Phi) is 3.64. The summed E-state index contributed by atoms with van der Waals surface area (Å²) in [7, 11) is 0. The monoisotopic (exact) mass is 329 g/mol. The smallest absolute Gasteiger partial charge is 0.344 e. The number of aromatic nitrogens is 1. The second-order valence-electron chi connectivity index (χ2n) is 4.61. The van der Waals surface area contributed by atoms with E-state index in [-0.39, 0.29) is 28.1 Å². The maximum absolute atomic E-state index is 13.4. The molecule has 0 fully saturated rings. The van der Waals surface area contributed by atoms with E-state index in [4.69, 9.17) is 4.74 Å². The molecule has 1 aliphatic heterocycles. The van der Waals surface area contributed by atoms with Crippen LogP contribution < -0.4 is 5.43 Å². The summed E-state index contributed by atoms with van der Waals surface area (Å²) >= 11 is 0.990. The average molecular weight is 329 g/mol. The standard InChI is InChI=1S/C14H10F3NO3S/c1-2-21-14(20)11-12(19)6-3-7(16)8(17)4-9(6)18-10(5-15)22-13(11)18/h3-4,10H,2,5H2,1H3. The first-order valence-electron chi connectivity index (χ1n) is 6.46. The number of fused-ring (bicyclic) bond motifs is 3. The number of alkyl halides is 1. The number of pyridine rings is 1. The van der Waals surface area contributed by atoms with E-state index >= 15 is 0 Å². The van der Waals surface area contributed by atoms with Crippen molar-refractivity contribution in [2.24, 2.45) is 0 Å². The normalized spacial score (nSPS) is 16.3. The van der Waals surface area contributed by atoms with Crippen LogP contribution >= 0.6 is 11.8 Å². The maximum Gasteiger partial charge on any atom is 0.344 e. The Bertz CT molecular complexity index is 850. The molecule has 8 heteroatoms. The van der Waals surface area contributed by atoms with Gasteiger partial charge in [0.25, 0.3) is 0 Å². The Morgan fingerprint density at radius 1 is 1.36 bits per heavy atom. The van der Waals surface area contributed by atoms with Gasteiger partial charge in [0, 0.05) is 11.5 Å². The minimum absolute atomic E-state index is 0.0603. The van der Waals surface area contributed by atoms with E-state index in [1.165, 1.54) is 4.57 Å². The predicted octanol–water partition coefficient (Wildman–Crippen LogP) is 3.03. The molecule has 0 radical (unpaired) electrons. The highest BCUT2D eigenvalue weighted by molar-refractivity contribution is 8.00. The lowest BCUT2D eigenvalue weighted by Gasteiger charge is -2.33. The molecule has 4 nitrogen and oxygen atoms in total. The zero-order valence-electron chi connectivity index (χ0n) is 11.4. The summed E-state index contributed by atoms with van der Waals surface area (Å²) in [5, 5.41) is -0.648. The second kappa shape index (κ2) is 5.35. The molecule has 1 atom stereocenters. The van der Waals surface area contributed by atoms with Crippen LogP contribution in [0.4, 0.5) is 13.2 Å². The van der Waals surface area contributed by atoms with Crippen molar-refractivity contribution in [3.63, 3.8) is 0 Å². The van der Waals surface area contributed by atoms with E-state index in [1.807, 2.05) is 0 Å². The molecule has 0 saturated carbocycles. The lowest BCUT2D eigenvalue weighted by atomic mass is 10.1. The lowest BCUT2D eigenvalue weighted by molar-refractivity contribution is 0.0518. The number of benzene rings is 1. The third-order valence-electron chi connectivity index (χ3n) is 3.35. The molecule has 2 aromatic rings.